The maximum atomic E-state index is 12.1. The maximum Gasteiger partial charge on any atom is 0.414 e. The molecule has 7 nitrogen and oxygen atoms in total. The summed E-state index contributed by atoms with van der Waals surface area (Å²) in [5.41, 5.74) is 2.23. The van der Waals surface area contributed by atoms with Gasteiger partial charge in [-0.1, -0.05) is 0 Å². The second-order valence-electron chi connectivity index (χ2n) is 7.81. The molecule has 2 aliphatic heterocycles. The highest BCUT2D eigenvalue weighted by Crippen LogP contribution is 2.59. The summed E-state index contributed by atoms with van der Waals surface area (Å²) in [5, 5.41) is 11.8. The first-order chi connectivity index (χ1) is 13.0. The van der Waals surface area contributed by atoms with Crippen LogP contribution in [0.1, 0.15) is 26.2 Å². The van der Waals surface area contributed by atoms with Gasteiger partial charge in [0, 0.05) is 31.4 Å². The van der Waals surface area contributed by atoms with Gasteiger partial charge in [-0.2, -0.15) is 5.26 Å². The third-order valence-corrected chi connectivity index (χ3v) is 6.08. The number of hydrogen-bond donors (Lipinski definition) is 1. The molecule has 0 radical (unpaired) electrons. The van der Waals surface area contributed by atoms with Gasteiger partial charge in [-0.3, -0.25) is 9.69 Å². The van der Waals surface area contributed by atoms with E-state index in [4.69, 9.17) is 10.00 Å². The Balaban J connectivity index is 1.35. The number of nitriles is 1. The number of hydrogen-bond acceptors (Lipinski definition) is 5. The van der Waals surface area contributed by atoms with Crippen molar-refractivity contribution in [3.63, 3.8) is 0 Å². The number of nitrogens with one attached hydrogen (secondary N) is 1. The number of nitrogens with zero attached hydrogens (tertiary/aromatic N) is 3. The van der Waals surface area contributed by atoms with E-state index in [1.54, 1.807) is 4.90 Å². The van der Waals surface area contributed by atoms with Gasteiger partial charge in [0.2, 0.25) is 5.91 Å². The summed E-state index contributed by atoms with van der Waals surface area (Å²) in [6.07, 6.45) is 2.51. The van der Waals surface area contributed by atoms with Gasteiger partial charge in [0.1, 0.15) is 6.10 Å². The summed E-state index contributed by atoms with van der Waals surface area (Å²) < 4.78 is 5.31. The zero-order valence-electron chi connectivity index (χ0n) is 15.5. The monoisotopic (exact) mass is 368 g/mol. The summed E-state index contributed by atoms with van der Waals surface area (Å²) >= 11 is 0. The van der Waals surface area contributed by atoms with Gasteiger partial charge in [0.15, 0.2) is 0 Å². The van der Waals surface area contributed by atoms with Crippen LogP contribution in [-0.2, 0) is 9.53 Å². The zero-order chi connectivity index (χ0) is 19.0. The van der Waals surface area contributed by atoms with Gasteiger partial charge in [0.25, 0.3) is 0 Å². The normalized spacial score (nSPS) is 25.9. The van der Waals surface area contributed by atoms with E-state index in [1.807, 2.05) is 24.3 Å². The highest BCUT2D eigenvalue weighted by molar-refractivity contribution is 5.90. The Morgan fingerprint density at radius 2 is 1.96 bits per heavy atom. The number of carbonyl (C=O) groups excluding carboxylic acids is 2. The lowest BCUT2D eigenvalue weighted by Crippen LogP contribution is -2.35. The van der Waals surface area contributed by atoms with E-state index in [-0.39, 0.29) is 29.4 Å². The molecule has 27 heavy (non-hydrogen) atoms. The molecule has 2 amide bonds. The first kappa shape index (κ1) is 17.7. The van der Waals surface area contributed by atoms with Gasteiger partial charge in [-0.25, -0.2) is 4.79 Å². The van der Waals surface area contributed by atoms with E-state index >= 15 is 0 Å². The minimum atomic E-state index is -0.380. The molecule has 3 aliphatic rings. The maximum absolute atomic E-state index is 12.1. The number of ether oxygens (including phenoxy) is 1. The number of cyclic esters (lactones) is 1. The number of anilines is 2. The standard InChI is InChI=1S/C20H24N4O3/c1-14(25)22-12-18-13-24(19(26)27-18)17-4-2-16(3-5-17)23-8-6-20(7-9-23)10-15(20)11-21/h2-5,15,18H,6-10,12-13H2,1H3,(H,22,25)/t15?,18-/m0/s1. The van der Waals surface area contributed by atoms with Crippen molar-refractivity contribution in [3.8, 4) is 6.07 Å². The van der Waals surface area contributed by atoms with Crippen LogP contribution in [0.2, 0.25) is 0 Å². The van der Waals surface area contributed by atoms with Crippen LogP contribution in [0, 0.1) is 22.7 Å². The first-order valence-corrected chi connectivity index (χ1v) is 9.48. The Hall–Kier alpha value is -2.75. The smallest absolute Gasteiger partial charge is 0.414 e. The second kappa shape index (κ2) is 6.76. The summed E-state index contributed by atoms with van der Waals surface area (Å²) in [6, 6.07) is 10.4. The van der Waals surface area contributed by atoms with Gasteiger partial charge in [0.05, 0.1) is 25.1 Å². The van der Waals surface area contributed by atoms with E-state index in [9.17, 15) is 9.59 Å². The number of amides is 2. The minimum absolute atomic E-state index is 0.135. The first-order valence-electron chi connectivity index (χ1n) is 9.48. The van der Waals surface area contributed by atoms with Crippen LogP contribution in [0.25, 0.3) is 0 Å². The van der Waals surface area contributed by atoms with Crippen molar-refractivity contribution < 1.29 is 14.3 Å². The topological polar surface area (TPSA) is 85.7 Å². The van der Waals surface area contributed by atoms with Crippen molar-refractivity contribution in [2.45, 2.75) is 32.3 Å². The molecule has 2 saturated heterocycles. The fraction of sp³-hybridized carbons (Fsp3) is 0.550. The average molecular weight is 368 g/mol. The Labute approximate surface area is 158 Å². The summed E-state index contributed by atoms with van der Waals surface area (Å²) in [5.74, 6) is 0.123. The number of carbonyl (C=O) groups is 2. The molecule has 1 aromatic carbocycles. The van der Waals surface area contributed by atoms with E-state index < -0.39 is 0 Å². The summed E-state index contributed by atoms with van der Waals surface area (Å²) in [7, 11) is 0. The van der Waals surface area contributed by atoms with Crippen molar-refractivity contribution in [2.75, 3.05) is 36.0 Å². The molecule has 1 aliphatic carbocycles. The fourth-order valence-electron chi connectivity index (χ4n) is 4.23. The zero-order valence-corrected chi connectivity index (χ0v) is 15.5. The molecule has 2 heterocycles. The molecule has 1 aromatic rings. The van der Waals surface area contributed by atoms with Crippen molar-refractivity contribution in [2.24, 2.45) is 11.3 Å². The lowest BCUT2D eigenvalue weighted by atomic mass is 9.91. The van der Waals surface area contributed by atoms with Crippen LogP contribution in [0.4, 0.5) is 16.2 Å². The molecular weight excluding hydrogens is 344 g/mol. The SMILES string of the molecule is CC(=O)NC[C@H]1CN(c2ccc(N3CCC4(CC3)CC4C#N)cc2)C(=O)O1. The van der Waals surface area contributed by atoms with Crippen LogP contribution < -0.4 is 15.1 Å². The van der Waals surface area contributed by atoms with E-state index in [0.29, 0.717) is 13.1 Å². The largest absolute Gasteiger partial charge is 0.442 e. The Kier molecular flexibility index (Phi) is 4.42. The van der Waals surface area contributed by atoms with Crippen molar-refractivity contribution >= 4 is 23.4 Å². The molecule has 3 fully saturated rings. The summed E-state index contributed by atoms with van der Waals surface area (Å²) in [4.78, 5) is 27.1. The Morgan fingerprint density at radius 3 is 2.56 bits per heavy atom. The van der Waals surface area contributed by atoms with Crippen molar-refractivity contribution in [1.82, 2.24) is 5.32 Å². The van der Waals surface area contributed by atoms with E-state index in [2.05, 4.69) is 16.3 Å². The van der Waals surface area contributed by atoms with Gasteiger partial charge >= 0.3 is 6.09 Å². The molecule has 1 unspecified atom stereocenters. The van der Waals surface area contributed by atoms with E-state index in [0.717, 1.165) is 43.7 Å². The molecule has 2 atom stereocenters. The lowest BCUT2D eigenvalue weighted by molar-refractivity contribution is -0.119. The van der Waals surface area contributed by atoms with E-state index in [1.165, 1.54) is 6.92 Å². The molecule has 7 heteroatoms. The van der Waals surface area contributed by atoms with Crippen LogP contribution in [0.15, 0.2) is 24.3 Å². The number of rotatable bonds is 4. The predicted molar refractivity (Wildman–Crippen MR) is 100 cm³/mol. The molecule has 1 N–H and O–H groups in total. The molecule has 0 aromatic heterocycles. The summed E-state index contributed by atoms with van der Waals surface area (Å²) in [6.45, 7) is 4.15. The molecule has 1 saturated carbocycles. The van der Waals surface area contributed by atoms with Crippen molar-refractivity contribution in [3.05, 3.63) is 24.3 Å². The molecule has 1 spiro atoms. The Bertz CT molecular complexity index is 777. The minimum Gasteiger partial charge on any atom is -0.442 e. The van der Waals surface area contributed by atoms with Crippen LogP contribution in [0.3, 0.4) is 0 Å². The Morgan fingerprint density at radius 1 is 1.30 bits per heavy atom. The highest BCUT2D eigenvalue weighted by Gasteiger charge is 2.55. The molecule has 4 rings (SSSR count). The quantitative estimate of drug-likeness (QED) is 0.881. The third kappa shape index (κ3) is 3.44. The molecule has 142 valence electrons. The highest BCUT2D eigenvalue weighted by atomic mass is 16.6. The van der Waals surface area contributed by atoms with Crippen LogP contribution >= 0.6 is 0 Å². The number of benzene rings is 1. The molecule has 0 bridgehead atoms. The van der Waals surface area contributed by atoms with Crippen LogP contribution in [0.5, 0.6) is 0 Å². The average Bonchev–Trinajstić information content (AvgIpc) is 3.22. The van der Waals surface area contributed by atoms with Gasteiger partial charge in [-0.15, -0.1) is 0 Å². The second-order valence-corrected chi connectivity index (χ2v) is 7.81. The third-order valence-electron chi connectivity index (χ3n) is 6.08. The lowest BCUT2D eigenvalue weighted by Gasteiger charge is -2.34. The van der Waals surface area contributed by atoms with Gasteiger partial charge < -0.3 is 15.0 Å². The fourth-order valence-corrected chi connectivity index (χ4v) is 4.23. The van der Waals surface area contributed by atoms with Gasteiger partial charge in [-0.05, 0) is 48.9 Å². The van der Waals surface area contributed by atoms with Crippen LogP contribution in [-0.4, -0.2) is 44.3 Å². The predicted octanol–water partition coefficient (Wildman–Crippen LogP) is 2.28. The van der Waals surface area contributed by atoms with Crippen molar-refractivity contribution in [1.29, 1.82) is 5.26 Å². The molecular formula is C20H24N4O3. The number of piperidine rings is 1.